The average Bonchev–Trinajstić information content (AvgIpc) is 2.26. The summed E-state index contributed by atoms with van der Waals surface area (Å²) in [6.07, 6.45) is 0. The molecular weight excluding hydrogens is 238 g/mol. The van der Waals surface area contributed by atoms with Gasteiger partial charge in [-0.1, -0.05) is 13.8 Å². The van der Waals surface area contributed by atoms with Gasteiger partial charge >= 0.3 is 0 Å². The Labute approximate surface area is 117 Å². The monoisotopic (exact) mass is 267 g/mol. The molecule has 1 atom stereocenters. The van der Waals surface area contributed by atoms with Crippen LogP contribution >= 0.6 is 0 Å². The van der Waals surface area contributed by atoms with E-state index in [1.807, 2.05) is 4.90 Å². The molecule has 2 rings (SSSR count). The number of rotatable bonds is 2. The summed E-state index contributed by atoms with van der Waals surface area (Å²) < 4.78 is 0. The Balaban J connectivity index is 2.06. The van der Waals surface area contributed by atoms with Crippen molar-refractivity contribution in [2.75, 3.05) is 39.3 Å². The van der Waals surface area contributed by atoms with Gasteiger partial charge in [-0.25, -0.2) is 0 Å². The van der Waals surface area contributed by atoms with Crippen molar-refractivity contribution >= 4 is 5.91 Å². The highest BCUT2D eigenvalue weighted by Crippen LogP contribution is 2.28. The third-order valence-electron chi connectivity index (χ3n) is 4.42. The van der Waals surface area contributed by atoms with Crippen molar-refractivity contribution in [1.82, 2.24) is 14.7 Å². The molecular formula is C15H29N3O. The van der Waals surface area contributed by atoms with E-state index in [1.165, 1.54) is 6.54 Å². The Morgan fingerprint density at radius 1 is 1.26 bits per heavy atom. The molecule has 0 saturated carbocycles. The summed E-state index contributed by atoms with van der Waals surface area (Å²) in [5.74, 6) is 0.931. The summed E-state index contributed by atoms with van der Waals surface area (Å²) in [6.45, 7) is 17.1. The molecule has 2 heterocycles. The molecule has 2 fully saturated rings. The molecule has 4 nitrogen and oxygen atoms in total. The Bertz CT molecular complexity index is 340. The highest BCUT2D eigenvalue weighted by atomic mass is 16.2. The molecule has 2 saturated heterocycles. The predicted molar refractivity (Wildman–Crippen MR) is 78.1 cm³/mol. The second kappa shape index (κ2) is 5.41. The van der Waals surface area contributed by atoms with Crippen molar-refractivity contribution in [3.05, 3.63) is 0 Å². The van der Waals surface area contributed by atoms with E-state index in [9.17, 15) is 4.79 Å². The van der Waals surface area contributed by atoms with Gasteiger partial charge in [-0.15, -0.1) is 0 Å². The van der Waals surface area contributed by atoms with Crippen LogP contribution in [0.2, 0.25) is 0 Å². The molecule has 1 unspecified atom stereocenters. The van der Waals surface area contributed by atoms with E-state index in [-0.39, 0.29) is 11.4 Å². The molecule has 2 aliphatic rings. The molecule has 0 bridgehead atoms. The van der Waals surface area contributed by atoms with E-state index in [0.29, 0.717) is 12.0 Å². The van der Waals surface area contributed by atoms with E-state index in [4.69, 9.17) is 0 Å². The zero-order valence-corrected chi connectivity index (χ0v) is 13.1. The van der Waals surface area contributed by atoms with Crippen molar-refractivity contribution in [2.45, 2.75) is 46.2 Å². The lowest BCUT2D eigenvalue weighted by molar-refractivity contribution is -0.139. The van der Waals surface area contributed by atoms with Gasteiger partial charge in [0.1, 0.15) is 0 Å². The van der Waals surface area contributed by atoms with Crippen molar-refractivity contribution < 1.29 is 4.79 Å². The number of fused-ring (bicyclic) bond motifs is 1. The van der Waals surface area contributed by atoms with Crippen molar-refractivity contribution in [2.24, 2.45) is 5.92 Å². The Morgan fingerprint density at radius 2 is 1.95 bits per heavy atom. The van der Waals surface area contributed by atoms with Gasteiger partial charge in [-0.3, -0.25) is 9.69 Å². The minimum absolute atomic E-state index is 0.110. The maximum atomic E-state index is 11.7. The number of carbonyl (C=O) groups excluding carboxylic acids is 1. The predicted octanol–water partition coefficient (Wildman–Crippen LogP) is 1.27. The number of hydrogen-bond acceptors (Lipinski definition) is 3. The fraction of sp³-hybridized carbons (Fsp3) is 0.933. The van der Waals surface area contributed by atoms with Crippen LogP contribution in [0, 0.1) is 5.92 Å². The van der Waals surface area contributed by atoms with E-state index in [2.05, 4.69) is 37.5 Å². The van der Waals surface area contributed by atoms with Crippen LogP contribution < -0.4 is 0 Å². The van der Waals surface area contributed by atoms with E-state index < -0.39 is 0 Å². The largest absolute Gasteiger partial charge is 0.339 e. The fourth-order valence-corrected chi connectivity index (χ4v) is 3.67. The van der Waals surface area contributed by atoms with Crippen LogP contribution in [0.5, 0.6) is 0 Å². The van der Waals surface area contributed by atoms with Crippen LogP contribution in [-0.4, -0.2) is 71.5 Å². The van der Waals surface area contributed by atoms with Crippen LogP contribution in [-0.2, 0) is 4.79 Å². The lowest BCUT2D eigenvalue weighted by Crippen LogP contribution is -2.70. The molecule has 0 aromatic rings. The highest BCUT2D eigenvalue weighted by molar-refractivity contribution is 5.73. The zero-order chi connectivity index (χ0) is 14.2. The van der Waals surface area contributed by atoms with Crippen LogP contribution in [0.3, 0.4) is 0 Å². The first-order valence-corrected chi connectivity index (χ1v) is 7.54. The molecule has 0 aromatic carbocycles. The smallest absolute Gasteiger partial charge is 0.219 e. The lowest BCUT2D eigenvalue weighted by atomic mass is 9.92. The fourth-order valence-electron chi connectivity index (χ4n) is 3.67. The number of amides is 1. The van der Waals surface area contributed by atoms with Crippen LogP contribution in [0.25, 0.3) is 0 Å². The summed E-state index contributed by atoms with van der Waals surface area (Å²) in [6, 6.07) is 0.500. The van der Waals surface area contributed by atoms with Gasteiger partial charge < -0.3 is 9.80 Å². The van der Waals surface area contributed by atoms with Gasteiger partial charge in [0, 0.05) is 57.8 Å². The van der Waals surface area contributed by atoms with Crippen molar-refractivity contribution in [1.29, 1.82) is 0 Å². The van der Waals surface area contributed by atoms with E-state index >= 15 is 0 Å². The molecule has 110 valence electrons. The maximum absolute atomic E-state index is 11.7. The summed E-state index contributed by atoms with van der Waals surface area (Å²) in [5, 5.41) is 0. The molecule has 19 heavy (non-hydrogen) atoms. The summed E-state index contributed by atoms with van der Waals surface area (Å²) in [7, 11) is 0. The second-order valence-corrected chi connectivity index (χ2v) is 7.21. The Kier molecular flexibility index (Phi) is 4.21. The first-order valence-electron chi connectivity index (χ1n) is 7.54. The SMILES string of the molecule is CC(=O)N1CC2CN(CC(C)C)CCN2C(C)(C)C1. The third-order valence-corrected chi connectivity index (χ3v) is 4.42. The summed E-state index contributed by atoms with van der Waals surface area (Å²) in [4.78, 5) is 18.9. The number of carbonyl (C=O) groups is 1. The van der Waals surface area contributed by atoms with Crippen molar-refractivity contribution in [3.8, 4) is 0 Å². The first-order chi connectivity index (χ1) is 8.79. The zero-order valence-electron chi connectivity index (χ0n) is 13.1. The third kappa shape index (κ3) is 3.29. The Morgan fingerprint density at radius 3 is 2.53 bits per heavy atom. The summed E-state index contributed by atoms with van der Waals surface area (Å²) >= 11 is 0. The van der Waals surface area contributed by atoms with Gasteiger partial charge in [-0.05, 0) is 19.8 Å². The number of piperazine rings is 2. The quantitative estimate of drug-likeness (QED) is 0.754. The van der Waals surface area contributed by atoms with Crippen LogP contribution in [0.4, 0.5) is 0 Å². The molecule has 1 amide bonds. The van der Waals surface area contributed by atoms with Gasteiger partial charge in [0.2, 0.25) is 5.91 Å². The molecule has 0 spiro atoms. The average molecular weight is 267 g/mol. The molecule has 2 aliphatic heterocycles. The topological polar surface area (TPSA) is 26.8 Å². The molecule has 0 aliphatic carbocycles. The minimum Gasteiger partial charge on any atom is -0.339 e. The maximum Gasteiger partial charge on any atom is 0.219 e. The van der Waals surface area contributed by atoms with Gasteiger partial charge in [-0.2, -0.15) is 0 Å². The van der Waals surface area contributed by atoms with Crippen molar-refractivity contribution in [3.63, 3.8) is 0 Å². The van der Waals surface area contributed by atoms with Gasteiger partial charge in [0.25, 0.3) is 0 Å². The normalized spacial score (nSPS) is 28.5. The minimum atomic E-state index is 0.110. The van der Waals surface area contributed by atoms with E-state index in [1.54, 1.807) is 6.92 Å². The molecule has 4 heteroatoms. The standard InChI is InChI=1S/C15H29N3O/c1-12(2)8-16-6-7-18-14(9-16)10-17(13(3)19)11-15(18,4)5/h12,14H,6-11H2,1-5H3. The van der Waals surface area contributed by atoms with Crippen LogP contribution in [0.1, 0.15) is 34.6 Å². The molecule has 0 N–H and O–H groups in total. The van der Waals surface area contributed by atoms with Gasteiger partial charge in [0.05, 0.1) is 0 Å². The highest BCUT2D eigenvalue weighted by Gasteiger charge is 2.43. The Hall–Kier alpha value is -0.610. The second-order valence-electron chi connectivity index (χ2n) is 7.21. The van der Waals surface area contributed by atoms with E-state index in [0.717, 1.165) is 32.7 Å². The van der Waals surface area contributed by atoms with Gasteiger partial charge in [0.15, 0.2) is 0 Å². The summed E-state index contributed by atoms with van der Waals surface area (Å²) in [5.41, 5.74) is 0.110. The number of nitrogens with zero attached hydrogens (tertiary/aromatic N) is 3. The van der Waals surface area contributed by atoms with Crippen LogP contribution in [0.15, 0.2) is 0 Å². The first kappa shape index (κ1) is 14.8. The molecule has 0 radical (unpaired) electrons. The molecule has 0 aromatic heterocycles. The lowest BCUT2D eigenvalue weighted by Gasteiger charge is -2.55. The number of hydrogen-bond donors (Lipinski definition) is 0.